The number of aromatic amines is 1. The molecule has 0 unspecified atom stereocenters. The Hall–Kier alpha value is -3.69. The summed E-state index contributed by atoms with van der Waals surface area (Å²) >= 11 is 6.43. The molecule has 0 fully saturated rings. The summed E-state index contributed by atoms with van der Waals surface area (Å²) in [5.41, 5.74) is 4.02. The van der Waals surface area contributed by atoms with Crippen molar-refractivity contribution < 1.29 is 0 Å². The molecule has 5 rings (SSSR count). The molecule has 0 amide bonds. The Morgan fingerprint density at radius 2 is 1.85 bits per heavy atom. The Bertz CT molecular complexity index is 1360. The van der Waals surface area contributed by atoms with Gasteiger partial charge in [0.2, 0.25) is 0 Å². The lowest BCUT2D eigenvalue weighted by molar-refractivity contribution is 0.945. The van der Waals surface area contributed by atoms with Crippen LogP contribution in [-0.2, 0) is 0 Å². The van der Waals surface area contributed by atoms with E-state index >= 15 is 0 Å². The summed E-state index contributed by atoms with van der Waals surface area (Å²) in [5.74, 6) is 0.407. The monoisotopic (exact) mass is 370 g/mol. The molecular formula is C20H11ClN6. The number of rotatable bonds is 2. The van der Waals surface area contributed by atoms with Crippen LogP contribution in [0.5, 0.6) is 0 Å². The van der Waals surface area contributed by atoms with Crippen LogP contribution in [0, 0.1) is 11.3 Å². The normalized spacial score (nSPS) is 11.1. The quantitative estimate of drug-likeness (QED) is 0.497. The molecule has 2 aromatic carbocycles. The number of nitriles is 1. The summed E-state index contributed by atoms with van der Waals surface area (Å²) in [4.78, 5) is 12.1. The van der Waals surface area contributed by atoms with Crippen molar-refractivity contribution in [3.8, 4) is 28.6 Å². The molecule has 0 aliphatic rings. The van der Waals surface area contributed by atoms with E-state index in [4.69, 9.17) is 11.6 Å². The first-order valence-electron chi connectivity index (χ1n) is 8.23. The summed E-state index contributed by atoms with van der Waals surface area (Å²) in [6.45, 7) is 0. The van der Waals surface area contributed by atoms with Gasteiger partial charge in [0.1, 0.15) is 18.0 Å². The average molecular weight is 371 g/mol. The Labute approximate surface area is 158 Å². The lowest BCUT2D eigenvalue weighted by Crippen LogP contribution is -2.04. The van der Waals surface area contributed by atoms with Crippen LogP contribution in [0.4, 0.5) is 0 Å². The molecule has 0 aliphatic heterocycles. The first-order chi connectivity index (χ1) is 13.3. The van der Waals surface area contributed by atoms with Gasteiger partial charge in [-0.1, -0.05) is 48.0 Å². The topological polar surface area (TPSA) is 82.7 Å². The lowest BCUT2D eigenvalue weighted by atomic mass is 10.0. The van der Waals surface area contributed by atoms with Crippen molar-refractivity contribution in [2.75, 3.05) is 0 Å². The van der Waals surface area contributed by atoms with Gasteiger partial charge >= 0.3 is 0 Å². The van der Waals surface area contributed by atoms with Crippen LogP contribution in [0.3, 0.4) is 0 Å². The van der Waals surface area contributed by atoms with Gasteiger partial charge in [0.25, 0.3) is 5.78 Å². The molecule has 0 atom stereocenters. The van der Waals surface area contributed by atoms with E-state index in [0.717, 1.165) is 16.5 Å². The van der Waals surface area contributed by atoms with Crippen molar-refractivity contribution in [1.82, 2.24) is 24.6 Å². The van der Waals surface area contributed by atoms with Crippen molar-refractivity contribution in [1.29, 1.82) is 5.26 Å². The second kappa shape index (κ2) is 5.94. The summed E-state index contributed by atoms with van der Waals surface area (Å²) < 4.78 is 1.55. The molecule has 0 bridgehead atoms. The summed E-state index contributed by atoms with van der Waals surface area (Å²) in [7, 11) is 0. The molecular weight excluding hydrogens is 360 g/mol. The maximum absolute atomic E-state index is 10.0. The lowest BCUT2D eigenvalue weighted by Gasteiger charge is -2.12. The fourth-order valence-electron chi connectivity index (χ4n) is 3.31. The first kappa shape index (κ1) is 15.6. The Kier molecular flexibility index (Phi) is 3.42. The van der Waals surface area contributed by atoms with E-state index in [-0.39, 0.29) is 0 Å². The smallest absolute Gasteiger partial charge is 0.253 e. The maximum Gasteiger partial charge on any atom is 0.253 e. The number of benzene rings is 2. The van der Waals surface area contributed by atoms with Gasteiger partial charge in [-0.15, -0.1) is 0 Å². The van der Waals surface area contributed by atoms with E-state index in [2.05, 4.69) is 26.1 Å². The van der Waals surface area contributed by atoms with Crippen LogP contribution < -0.4 is 0 Å². The zero-order chi connectivity index (χ0) is 18.4. The van der Waals surface area contributed by atoms with Crippen LogP contribution in [0.1, 0.15) is 5.56 Å². The van der Waals surface area contributed by atoms with Gasteiger partial charge < -0.3 is 4.98 Å². The molecule has 5 aromatic rings. The van der Waals surface area contributed by atoms with E-state index < -0.39 is 0 Å². The van der Waals surface area contributed by atoms with Crippen LogP contribution in [0.15, 0.2) is 61.1 Å². The van der Waals surface area contributed by atoms with E-state index in [1.165, 1.54) is 6.33 Å². The van der Waals surface area contributed by atoms with Crippen molar-refractivity contribution in [3.05, 3.63) is 71.6 Å². The molecule has 1 N–H and O–H groups in total. The Morgan fingerprint density at radius 1 is 1.04 bits per heavy atom. The first-order valence-corrected chi connectivity index (χ1v) is 8.61. The van der Waals surface area contributed by atoms with E-state index in [1.54, 1.807) is 10.6 Å². The zero-order valence-corrected chi connectivity index (χ0v) is 14.6. The third-order valence-corrected chi connectivity index (χ3v) is 4.84. The number of nitrogens with one attached hydrogen (secondary N) is 1. The second-order valence-corrected chi connectivity index (χ2v) is 6.40. The highest BCUT2D eigenvalue weighted by Gasteiger charge is 2.22. The standard InChI is InChI=1S/C20H11ClN6/c21-16-7-3-1-6-13(16)19-14(9-22)18(26-20-24-11-25-27(19)20)15-10-23-17-8-4-2-5-12(15)17/h1-8,10-11,23H. The minimum Gasteiger partial charge on any atom is -0.360 e. The molecule has 0 radical (unpaired) electrons. The van der Waals surface area contributed by atoms with Gasteiger partial charge in [0.15, 0.2) is 0 Å². The minimum atomic E-state index is 0.394. The van der Waals surface area contributed by atoms with Crippen molar-refractivity contribution in [2.45, 2.75) is 0 Å². The summed E-state index contributed by atoms with van der Waals surface area (Å²) in [6.07, 6.45) is 3.28. The highest BCUT2D eigenvalue weighted by atomic mass is 35.5. The predicted molar refractivity (Wildman–Crippen MR) is 103 cm³/mol. The van der Waals surface area contributed by atoms with E-state index in [0.29, 0.717) is 33.3 Å². The van der Waals surface area contributed by atoms with Crippen LogP contribution >= 0.6 is 11.6 Å². The molecule has 0 aliphatic carbocycles. The molecule has 6 nitrogen and oxygen atoms in total. The van der Waals surface area contributed by atoms with E-state index in [9.17, 15) is 5.26 Å². The zero-order valence-electron chi connectivity index (χ0n) is 13.9. The largest absolute Gasteiger partial charge is 0.360 e. The van der Waals surface area contributed by atoms with Gasteiger partial charge in [-0.3, -0.25) is 0 Å². The molecule has 0 saturated heterocycles. The van der Waals surface area contributed by atoms with E-state index in [1.807, 2.05) is 48.7 Å². The SMILES string of the molecule is N#Cc1c(-c2c[nH]c3ccccc23)nc2ncnn2c1-c1ccccc1Cl. The van der Waals surface area contributed by atoms with Crippen LogP contribution in [0.25, 0.3) is 39.2 Å². The number of para-hydroxylation sites is 1. The fraction of sp³-hybridized carbons (Fsp3) is 0. The van der Waals surface area contributed by atoms with Crippen molar-refractivity contribution in [3.63, 3.8) is 0 Å². The average Bonchev–Trinajstić information content (AvgIpc) is 3.33. The van der Waals surface area contributed by atoms with Gasteiger partial charge in [-0.2, -0.15) is 19.9 Å². The van der Waals surface area contributed by atoms with Gasteiger partial charge in [-0.05, 0) is 12.1 Å². The van der Waals surface area contributed by atoms with Crippen molar-refractivity contribution in [2.24, 2.45) is 0 Å². The highest BCUT2D eigenvalue weighted by molar-refractivity contribution is 6.33. The number of fused-ring (bicyclic) bond motifs is 2. The van der Waals surface area contributed by atoms with Crippen molar-refractivity contribution >= 4 is 28.3 Å². The molecule has 128 valence electrons. The molecule has 3 heterocycles. The number of H-pyrrole nitrogens is 1. The van der Waals surface area contributed by atoms with Gasteiger partial charge in [-0.25, -0.2) is 4.98 Å². The second-order valence-electron chi connectivity index (χ2n) is 6.00. The summed E-state index contributed by atoms with van der Waals surface area (Å²) in [6, 6.07) is 17.5. The Morgan fingerprint density at radius 3 is 2.70 bits per heavy atom. The number of nitrogens with zero attached hydrogens (tertiary/aromatic N) is 5. The third-order valence-electron chi connectivity index (χ3n) is 4.51. The van der Waals surface area contributed by atoms with Crippen LogP contribution in [0.2, 0.25) is 5.02 Å². The van der Waals surface area contributed by atoms with Gasteiger partial charge in [0, 0.05) is 28.2 Å². The molecule has 3 aromatic heterocycles. The third kappa shape index (κ3) is 2.30. The minimum absolute atomic E-state index is 0.394. The number of hydrogen-bond acceptors (Lipinski definition) is 4. The fourth-order valence-corrected chi connectivity index (χ4v) is 3.54. The number of aromatic nitrogens is 5. The highest BCUT2D eigenvalue weighted by Crippen LogP contribution is 2.36. The predicted octanol–water partition coefficient (Wildman–Crippen LogP) is 4.46. The molecule has 7 heteroatoms. The van der Waals surface area contributed by atoms with Crippen LogP contribution in [-0.4, -0.2) is 24.6 Å². The number of halogens is 1. The summed E-state index contributed by atoms with van der Waals surface area (Å²) in [5, 5.41) is 15.8. The molecule has 27 heavy (non-hydrogen) atoms. The maximum atomic E-state index is 10.0. The molecule has 0 saturated carbocycles. The van der Waals surface area contributed by atoms with Gasteiger partial charge in [0.05, 0.1) is 16.4 Å². The molecule has 0 spiro atoms. The Balaban J connectivity index is 1.93. The number of hydrogen-bond donors (Lipinski definition) is 1.